The first kappa shape index (κ1) is 20.0. The van der Waals surface area contributed by atoms with Crippen molar-refractivity contribution >= 4 is 17.9 Å². The summed E-state index contributed by atoms with van der Waals surface area (Å²) in [6, 6.07) is 1.29. The van der Waals surface area contributed by atoms with Crippen LogP contribution in [0.15, 0.2) is 6.07 Å². The normalized spacial score (nSPS) is 19.7. The average Bonchev–Trinajstić information content (AvgIpc) is 2.88. The van der Waals surface area contributed by atoms with Gasteiger partial charge in [0.25, 0.3) is 5.91 Å². The summed E-state index contributed by atoms with van der Waals surface area (Å²) in [5.74, 6) is -0.797. The molecule has 0 spiro atoms. The summed E-state index contributed by atoms with van der Waals surface area (Å²) in [5, 5.41) is 5.06. The van der Waals surface area contributed by atoms with E-state index in [-0.39, 0.29) is 6.04 Å². The van der Waals surface area contributed by atoms with E-state index in [0.29, 0.717) is 11.5 Å². The van der Waals surface area contributed by atoms with E-state index in [2.05, 4.69) is 17.6 Å². The molecule has 2 N–H and O–H groups in total. The third-order valence-electron chi connectivity index (χ3n) is 5.13. The number of esters is 1. The molecule has 0 saturated heterocycles. The third-order valence-corrected chi connectivity index (χ3v) is 5.13. The molecule has 7 heteroatoms. The number of hydrogen-bond donors (Lipinski definition) is 2. The van der Waals surface area contributed by atoms with Crippen LogP contribution in [-0.2, 0) is 16.1 Å². The minimum absolute atomic E-state index is 0.0820. The highest BCUT2D eigenvalue weighted by molar-refractivity contribution is 5.97. The first-order valence-electron chi connectivity index (χ1n) is 9.27. The highest BCUT2D eigenvalue weighted by Crippen LogP contribution is 2.23. The van der Waals surface area contributed by atoms with E-state index in [1.54, 1.807) is 6.07 Å². The van der Waals surface area contributed by atoms with Gasteiger partial charge in [0.1, 0.15) is 0 Å². The Balaban J connectivity index is 1.81. The van der Waals surface area contributed by atoms with E-state index in [1.807, 2.05) is 25.3 Å². The Labute approximate surface area is 154 Å². The summed E-state index contributed by atoms with van der Waals surface area (Å²) in [7, 11) is 0. The van der Waals surface area contributed by atoms with Crippen molar-refractivity contribution in [2.75, 3.05) is 6.61 Å². The Morgan fingerprint density at radius 1 is 1.23 bits per heavy atom. The molecule has 144 valence electrons. The van der Waals surface area contributed by atoms with Crippen molar-refractivity contribution in [3.05, 3.63) is 23.0 Å². The van der Waals surface area contributed by atoms with Crippen LogP contribution in [0.25, 0.3) is 0 Å². The van der Waals surface area contributed by atoms with Gasteiger partial charge in [0.2, 0.25) is 0 Å². The molecular weight excluding hydrogens is 334 g/mol. The lowest BCUT2D eigenvalue weighted by Gasteiger charge is -2.29. The molecule has 1 heterocycles. The minimum atomic E-state index is -0.636. The molecule has 0 aliphatic heterocycles. The number of nitrogens with one attached hydrogen (secondary N) is 2. The molecule has 3 amide bonds. The quantitative estimate of drug-likeness (QED) is 0.787. The second-order valence-electron chi connectivity index (χ2n) is 7.00. The Morgan fingerprint density at radius 2 is 1.92 bits per heavy atom. The zero-order chi connectivity index (χ0) is 19.3. The van der Waals surface area contributed by atoms with Crippen LogP contribution in [0.1, 0.15) is 61.3 Å². The number of amides is 3. The lowest BCUT2D eigenvalue weighted by atomic mass is 9.86. The van der Waals surface area contributed by atoms with Crippen molar-refractivity contribution in [2.45, 2.75) is 66.0 Å². The van der Waals surface area contributed by atoms with Gasteiger partial charge in [0.15, 0.2) is 6.61 Å². The van der Waals surface area contributed by atoms with Gasteiger partial charge < -0.3 is 14.6 Å². The molecule has 26 heavy (non-hydrogen) atoms. The topological polar surface area (TPSA) is 89.4 Å². The van der Waals surface area contributed by atoms with E-state index in [0.717, 1.165) is 37.2 Å². The van der Waals surface area contributed by atoms with E-state index in [9.17, 15) is 14.4 Å². The maximum atomic E-state index is 12.2. The van der Waals surface area contributed by atoms with Crippen LogP contribution in [0, 0.1) is 19.8 Å². The second kappa shape index (κ2) is 8.87. The molecule has 2 atom stereocenters. The molecule has 0 aromatic carbocycles. The smallest absolute Gasteiger partial charge is 0.340 e. The van der Waals surface area contributed by atoms with Gasteiger partial charge in [-0.3, -0.25) is 10.1 Å². The highest BCUT2D eigenvalue weighted by atomic mass is 16.5. The Hall–Kier alpha value is -2.31. The Morgan fingerprint density at radius 3 is 2.54 bits per heavy atom. The molecule has 1 saturated carbocycles. The lowest BCUT2D eigenvalue weighted by molar-refractivity contribution is -0.123. The summed E-state index contributed by atoms with van der Waals surface area (Å²) in [4.78, 5) is 36.0. The number of carbonyl (C=O) groups excluding carboxylic acids is 3. The Bertz CT molecular complexity index is 681. The van der Waals surface area contributed by atoms with Crippen LogP contribution < -0.4 is 10.6 Å². The third kappa shape index (κ3) is 4.86. The first-order valence-corrected chi connectivity index (χ1v) is 9.27. The summed E-state index contributed by atoms with van der Waals surface area (Å²) in [6.07, 6.45) is 4.25. The van der Waals surface area contributed by atoms with Gasteiger partial charge in [-0.25, -0.2) is 9.59 Å². The number of carbonyl (C=O) groups is 3. The van der Waals surface area contributed by atoms with Crippen molar-refractivity contribution < 1.29 is 19.1 Å². The van der Waals surface area contributed by atoms with Crippen molar-refractivity contribution in [3.63, 3.8) is 0 Å². The number of aryl methyl sites for hydroxylation is 1. The van der Waals surface area contributed by atoms with E-state index < -0.39 is 24.5 Å². The van der Waals surface area contributed by atoms with Crippen LogP contribution in [0.5, 0.6) is 0 Å². The maximum absolute atomic E-state index is 12.2. The van der Waals surface area contributed by atoms with E-state index in [1.165, 1.54) is 6.42 Å². The minimum Gasteiger partial charge on any atom is -0.452 e. The van der Waals surface area contributed by atoms with Gasteiger partial charge in [-0.15, -0.1) is 0 Å². The molecule has 0 radical (unpaired) electrons. The molecule has 1 aromatic rings. The number of ether oxygens (including phenoxy) is 1. The van der Waals surface area contributed by atoms with E-state index in [4.69, 9.17) is 4.74 Å². The number of hydrogen-bond acceptors (Lipinski definition) is 4. The fourth-order valence-electron chi connectivity index (χ4n) is 3.60. The van der Waals surface area contributed by atoms with Gasteiger partial charge in [0.05, 0.1) is 5.56 Å². The standard InChI is InChI=1S/C19H29N3O4/c1-5-22-13(3)10-15(14(22)4)18(24)26-11-17(23)21-19(25)20-16-9-7-6-8-12(16)2/h10,12,16H,5-9,11H2,1-4H3,(H2,20,21,23,25)/t12-,16-/m1/s1. The molecule has 2 rings (SSSR count). The summed E-state index contributed by atoms with van der Waals surface area (Å²) in [6.45, 7) is 8.12. The van der Waals surface area contributed by atoms with Crippen molar-refractivity contribution in [2.24, 2.45) is 5.92 Å². The van der Waals surface area contributed by atoms with Crippen LogP contribution in [0.3, 0.4) is 0 Å². The van der Waals surface area contributed by atoms with Crippen molar-refractivity contribution in [1.82, 2.24) is 15.2 Å². The zero-order valence-corrected chi connectivity index (χ0v) is 16.1. The van der Waals surface area contributed by atoms with Gasteiger partial charge in [0, 0.05) is 24.0 Å². The largest absolute Gasteiger partial charge is 0.452 e. The average molecular weight is 363 g/mol. The van der Waals surface area contributed by atoms with Crippen LogP contribution in [0.4, 0.5) is 4.79 Å². The second-order valence-corrected chi connectivity index (χ2v) is 7.00. The first-order chi connectivity index (χ1) is 12.3. The monoisotopic (exact) mass is 363 g/mol. The van der Waals surface area contributed by atoms with Crippen LogP contribution in [-0.4, -0.2) is 35.1 Å². The fourth-order valence-corrected chi connectivity index (χ4v) is 3.60. The molecular formula is C19H29N3O4. The summed E-state index contributed by atoms with van der Waals surface area (Å²) >= 11 is 0. The Kier molecular flexibility index (Phi) is 6.83. The van der Waals surface area contributed by atoms with Gasteiger partial charge in [-0.1, -0.05) is 19.8 Å². The zero-order valence-electron chi connectivity index (χ0n) is 16.1. The van der Waals surface area contributed by atoms with Crippen LogP contribution in [0.2, 0.25) is 0 Å². The van der Waals surface area contributed by atoms with Gasteiger partial charge in [-0.05, 0) is 45.6 Å². The predicted molar refractivity (Wildman–Crippen MR) is 98.0 cm³/mol. The predicted octanol–water partition coefficient (Wildman–Crippen LogP) is 2.69. The summed E-state index contributed by atoms with van der Waals surface area (Å²) in [5.41, 5.74) is 2.21. The van der Waals surface area contributed by atoms with Gasteiger partial charge in [-0.2, -0.15) is 0 Å². The molecule has 1 aliphatic carbocycles. The number of urea groups is 1. The maximum Gasteiger partial charge on any atom is 0.340 e. The molecule has 0 unspecified atom stereocenters. The highest BCUT2D eigenvalue weighted by Gasteiger charge is 2.24. The van der Waals surface area contributed by atoms with Crippen LogP contribution >= 0.6 is 0 Å². The summed E-state index contributed by atoms with van der Waals surface area (Å²) < 4.78 is 7.05. The molecule has 1 fully saturated rings. The number of rotatable bonds is 5. The number of nitrogens with zero attached hydrogens (tertiary/aromatic N) is 1. The van der Waals surface area contributed by atoms with Crippen molar-refractivity contribution in [3.8, 4) is 0 Å². The number of imide groups is 1. The molecule has 0 bridgehead atoms. The van der Waals surface area contributed by atoms with E-state index >= 15 is 0 Å². The van der Waals surface area contributed by atoms with Gasteiger partial charge >= 0.3 is 12.0 Å². The fraction of sp³-hybridized carbons (Fsp3) is 0.632. The van der Waals surface area contributed by atoms with Crippen molar-refractivity contribution in [1.29, 1.82) is 0 Å². The molecule has 1 aliphatic rings. The number of aromatic nitrogens is 1. The molecule has 1 aromatic heterocycles. The lowest BCUT2D eigenvalue weighted by Crippen LogP contribution is -2.48. The SMILES string of the molecule is CCn1c(C)cc(C(=O)OCC(=O)NC(=O)N[C@@H]2CCCC[C@H]2C)c1C. The molecule has 7 nitrogen and oxygen atoms in total.